The summed E-state index contributed by atoms with van der Waals surface area (Å²) in [6, 6.07) is 10.4. The molecule has 2 rings (SSSR count). The highest BCUT2D eigenvalue weighted by Gasteiger charge is 2.09. The zero-order valence-corrected chi connectivity index (χ0v) is 14.2. The highest BCUT2D eigenvalue weighted by Crippen LogP contribution is 2.12. The van der Waals surface area contributed by atoms with Crippen molar-refractivity contribution >= 4 is 5.91 Å². The molecule has 0 aliphatic carbocycles. The molecule has 23 heavy (non-hydrogen) atoms. The summed E-state index contributed by atoms with van der Waals surface area (Å²) < 4.78 is 2.11. The second kappa shape index (κ2) is 9.13. The fraction of sp³-hybridized carbons (Fsp3) is 0.474. The first-order valence-electron chi connectivity index (χ1n) is 8.43. The van der Waals surface area contributed by atoms with Gasteiger partial charge in [0.25, 0.3) is 0 Å². The Morgan fingerprint density at radius 2 is 2.09 bits per heavy atom. The van der Waals surface area contributed by atoms with Crippen LogP contribution in [0.5, 0.6) is 0 Å². The van der Waals surface area contributed by atoms with Gasteiger partial charge in [0.2, 0.25) is 5.91 Å². The second-order valence-electron chi connectivity index (χ2n) is 6.20. The number of hydrogen-bond donors (Lipinski definition) is 1. The van der Waals surface area contributed by atoms with E-state index in [1.165, 1.54) is 5.56 Å². The highest BCUT2D eigenvalue weighted by atomic mass is 16.1. The zero-order valence-electron chi connectivity index (χ0n) is 14.2. The van der Waals surface area contributed by atoms with Crippen molar-refractivity contribution in [1.82, 2.24) is 14.9 Å². The molecular formula is C19H27N3O. The Hall–Kier alpha value is -2.10. The molecule has 1 heterocycles. The molecule has 0 spiro atoms. The van der Waals surface area contributed by atoms with E-state index in [-0.39, 0.29) is 5.91 Å². The summed E-state index contributed by atoms with van der Waals surface area (Å²) in [6.07, 6.45) is 7.41. The molecule has 0 bridgehead atoms. The first kappa shape index (κ1) is 17.3. The van der Waals surface area contributed by atoms with Crippen LogP contribution in [0.15, 0.2) is 42.7 Å². The number of carbonyl (C=O) groups excluding carboxylic acids is 1. The molecule has 0 unspecified atom stereocenters. The van der Waals surface area contributed by atoms with Crippen LogP contribution in [-0.2, 0) is 17.8 Å². The van der Waals surface area contributed by atoms with Gasteiger partial charge in [-0.2, -0.15) is 0 Å². The number of amides is 1. The number of aryl methyl sites for hydroxylation is 3. The maximum Gasteiger partial charge on any atom is 0.220 e. The Bertz CT molecular complexity index is 592. The van der Waals surface area contributed by atoms with Crippen LogP contribution in [0.2, 0.25) is 0 Å². The summed E-state index contributed by atoms with van der Waals surface area (Å²) >= 11 is 0. The van der Waals surface area contributed by atoms with Gasteiger partial charge < -0.3 is 9.88 Å². The number of aromatic nitrogens is 2. The van der Waals surface area contributed by atoms with Crippen LogP contribution < -0.4 is 5.32 Å². The monoisotopic (exact) mass is 313 g/mol. The lowest BCUT2D eigenvalue weighted by molar-refractivity contribution is -0.121. The van der Waals surface area contributed by atoms with Crippen molar-refractivity contribution in [3.05, 3.63) is 54.1 Å². The van der Waals surface area contributed by atoms with E-state index in [0.29, 0.717) is 12.3 Å². The second-order valence-corrected chi connectivity index (χ2v) is 6.20. The van der Waals surface area contributed by atoms with Crippen LogP contribution in [0.25, 0.3) is 0 Å². The van der Waals surface area contributed by atoms with Gasteiger partial charge in [-0.05, 0) is 37.7 Å². The van der Waals surface area contributed by atoms with Gasteiger partial charge in [-0.1, -0.05) is 37.3 Å². The summed E-state index contributed by atoms with van der Waals surface area (Å²) in [5, 5.41) is 3.02. The summed E-state index contributed by atoms with van der Waals surface area (Å²) in [5.74, 6) is 1.59. The maximum absolute atomic E-state index is 12.0. The molecule has 1 aromatic carbocycles. The minimum absolute atomic E-state index is 0.160. The third-order valence-corrected chi connectivity index (χ3v) is 4.12. The van der Waals surface area contributed by atoms with Crippen molar-refractivity contribution in [2.24, 2.45) is 5.92 Å². The van der Waals surface area contributed by atoms with Gasteiger partial charge in [0.05, 0.1) is 0 Å². The molecule has 4 heteroatoms. The molecule has 4 nitrogen and oxygen atoms in total. The van der Waals surface area contributed by atoms with Crippen molar-refractivity contribution in [2.75, 3.05) is 6.54 Å². The van der Waals surface area contributed by atoms with E-state index >= 15 is 0 Å². The molecule has 0 radical (unpaired) electrons. The summed E-state index contributed by atoms with van der Waals surface area (Å²) in [7, 11) is 0. The summed E-state index contributed by atoms with van der Waals surface area (Å²) in [5.41, 5.74) is 1.34. The number of nitrogens with zero attached hydrogens (tertiary/aromatic N) is 2. The van der Waals surface area contributed by atoms with Gasteiger partial charge >= 0.3 is 0 Å². The minimum Gasteiger partial charge on any atom is -0.356 e. The molecule has 1 N–H and O–H groups in total. The molecule has 2 aromatic rings. The standard InChI is InChI=1S/C19H27N3O/c1-16(9-10-18-7-4-3-5-8-18)15-19(23)21-11-6-13-22-14-12-20-17(22)2/h3-5,7-8,12,14,16H,6,9-11,13,15H2,1-2H3,(H,21,23)/t16-/m0/s1. The Morgan fingerprint density at radius 3 is 2.78 bits per heavy atom. The Labute approximate surface area is 138 Å². The van der Waals surface area contributed by atoms with Crippen LogP contribution in [0.3, 0.4) is 0 Å². The lowest BCUT2D eigenvalue weighted by Crippen LogP contribution is -2.26. The Balaban J connectivity index is 1.58. The lowest BCUT2D eigenvalue weighted by Gasteiger charge is -2.12. The maximum atomic E-state index is 12.0. The fourth-order valence-electron chi connectivity index (χ4n) is 2.67. The van der Waals surface area contributed by atoms with E-state index in [4.69, 9.17) is 0 Å². The van der Waals surface area contributed by atoms with Crippen molar-refractivity contribution in [3.63, 3.8) is 0 Å². The SMILES string of the molecule is Cc1nccn1CCCNC(=O)C[C@@H](C)CCc1ccccc1. The van der Waals surface area contributed by atoms with E-state index in [1.807, 2.05) is 25.4 Å². The summed E-state index contributed by atoms with van der Waals surface area (Å²) in [6.45, 7) is 5.77. The molecule has 0 saturated carbocycles. The zero-order chi connectivity index (χ0) is 16.5. The van der Waals surface area contributed by atoms with Crippen LogP contribution in [0.4, 0.5) is 0 Å². The van der Waals surface area contributed by atoms with Crippen LogP contribution >= 0.6 is 0 Å². The third-order valence-electron chi connectivity index (χ3n) is 4.12. The smallest absolute Gasteiger partial charge is 0.220 e. The van der Waals surface area contributed by atoms with Gasteiger partial charge in [0, 0.05) is 31.9 Å². The fourth-order valence-corrected chi connectivity index (χ4v) is 2.67. The minimum atomic E-state index is 0.160. The van der Waals surface area contributed by atoms with Crippen molar-refractivity contribution in [2.45, 2.75) is 46.1 Å². The van der Waals surface area contributed by atoms with Crippen LogP contribution in [0, 0.1) is 12.8 Å². The van der Waals surface area contributed by atoms with Crippen LogP contribution in [-0.4, -0.2) is 22.0 Å². The highest BCUT2D eigenvalue weighted by molar-refractivity contribution is 5.76. The molecular weight excluding hydrogens is 286 g/mol. The quantitative estimate of drug-likeness (QED) is 0.722. The van der Waals surface area contributed by atoms with Gasteiger partial charge in [0.1, 0.15) is 5.82 Å². The van der Waals surface area contributed by atoms with Gasteiger partial charge in [-0.15, -0.1) is 0 Å². The Kier molecular flexibility index (Phi) is 6.85. The molecule has 1 aromatic heterocycles. The summed E-state index contributed by atoms with van der Waals surface area (Å²) in [4.78, 5) is 16.2. The number of carbonyl (C=O) groups is 1. The van der Waals surface area contributed by atoms with Gasteiger partial charge in [-0.3, -0.25) is 4.79 Å². The number of nitrogens with one attached hydrogen (secondary N) is 1. The number of hydrogen-bond acceptors (Lipinski definition) is 2. The molecule has 0 aliphatic rings. The normalized spacial score (nSPS) is 12.1. The molecule has 0 fully saturated rings. The number of benzene rings is 1. The van der Waals surface area contributed by atoms with Crippen molar-refractivity contribution in [3.8, 4) is 0 Å². The predicted molar refractivity (Wildman–Crippen MR) is 93.1 cm³/mol. The van der Waals surface area contributed by atoms with Gasteiger partial charge in [0.15, 0.2) is 0 Å². The van der Waals surface area contributed by atoms with E-state index in [0.717, 1.165) is 38.2 Å². The number of imidazole rings is 1. The van der Waals surface area contributed by atoms with E-state index in [2.05, 4.69) is 46.1 Å². The largest absolute Gasteiger partial charge is 0.356 e. The van der Waals surface area contributed by atoms with Crippen molar-refractivity contribution in [1.29, 1.82) is 0 Å². The lowest BCUT2D eigenvalue weighted by atomic mass is 9.98. The topological polar surface area (TPSA) is 46.9 Å². The predicted octanol–water partition coefficient (Wildman–Crippen LogP) is 3.36. The average Bonchev–Trinajstić information content (AvgIpc) is 2.96. The van der Waals surface area contributed by atoms with Crippen molar-refractivity contribution < 1.29 is 4.79 Å². The molecule has 1 atom stereocenters. The first-order valence-corrected chi connectivity index (χ1v) is 8.43. The van der Waals surface area contributed by atoms with E-state index in [1.54, 1.807) is 0 Å². The number of rotatable bonds is 9. The van der Waals surface area contributed by atoms with Gasteiger partial charge in [-0.25, -0.2) is 4.98 Å². The van der Waals surface area contributed by atoms with Crippen LogP contribution in [0.1, 0.15) is 37.6 Å². The molecule has 0 aliphatic heterocycles. The average molecular weight is 313 g/mol. The molecule has 124 valence electrons. The first-order chi connectivity index (χ1) is 11.1. The Morgan fingerprint density at radius 1 is 1.30 bits per heavy atom. The molecule has 0 saturated heterocycles. The van der Waals surface area contributed by atoms with E-state index in [9.17, 15) is 4.79 Å². The third kappa shape index (κ3) is 6.27. The molecule has 1 amide bonds. The van der Waals surface area contributed by atoms with E-state index < -0.39 is 0 Å².